The standard InChI is InChI=1S/C11H16O3.C4H10/c1-8-6-11(14)9(7-10(8)13)4-2-3-5-12;1-3-4-2/h6-7,12-14H,2-5H2,1H3;3-4H2,1-2H3. The molecule has 0 saturated carbocycles. The van der Waals surface area contributed by atoms with Crippen LogP contribution in [0.5, 0.6) is 11.5 Å². The molecule has 0 aliphatic heterocycles. The van der Waals surface area contributed by atoms with Crippen molar-refractivity contribution < 1.29 is 15.3 Å². The van der Waals surface area contributed by atoms with Gasteiger partial charge in [-0.3, -0.25) is 0 Å². The van der Waals surface area contributed by atoms with Crippen molar-refractivity contribution in [3.8, 4) is 11.5 Å². The van der Waals surface area contributed by atoms with Gasteiger partial charge >= 0.3 is 0 Å². The minimum atomic E-state index is 0.165. The van der Waals surface area contributed by atoms with Crippen molar-refractivity contribution in [2.45, 2.75) is 52.9 Å². The van der Waals surface area contributed by atoms with Crippen LogP contribution in [0.2, 0.25) is 0 Å². The van der Waals surface area contributed by atoms with E-state index >= 15 is 0 Å². The Hall–Kier alpha value is -1.22. The number of rotatable bonds is 5. The molecule has 0 amide bonds. The Bertz CT molecular complexity index is 333. The van der Waals surface area contributed by atoms with Crippen molar-refractivity contribution in [3.05, 3.63) is 23.3 Å². The molecule has 0 aliphatic rings. The lowest BCUT2D eigenvalue weighted by atomic mass is 10.0. The Kier molecular flexibility index (Phi) is 9.11. The second-order valence-corrected chi connectivity index (χ2v) is 4.45. The monoisotopic (exact) mass is 254 g/mol. The molecule has 3 nitrogen and oxygen atoms in total. The lowest BCUT2D eigenvalue weighted by Crippen LogP contribution is -1.90. The average Bonchev–Trinajstić information content (AvgIpc) is 2.36. The van der Waals surface area contributed by atoms with Crippen LogP contribution < -0.4 is 0 Å². The average molecular weight is 254 g/mol. The fraction of sp³-hybridized carbons (Fsp3) is 0.600. The summed E-state index contributed by atoms with van der Waals surface area (Å²) in [6, 6.07) is 3.14. The number of aliphatic hydroxyl groups excluding tert-OH is 1. The van der Waals surface area contributed by atoms with Gasteiger partial charge in [0, 0.05) is 6.61 Å². The predicted molar refractivity (Wildman–Crippen MR) is 75.1 cm³/mol. The first-order valence-corrected chi connectivity index (χ1v) is 6.69. The second-order valence-electron chi connectivity index (χ2n) is 4.45. The quantitative estimate of drug-likeness (QED) is 0.556. The van der Waals surface area contributed by atoms with Crippen LogP contribution in [-0.2, 0) is 6.42 Å². The summed E-state index contributed by atoms with van der Waals surface area (Å²) in [7, 11) is 0. The molecular formula is C15H26O3. The van der Waals surface area contributed by atoms with Gasteiger partial charge in [-0.05, 0) is 49.4 Å². The Morgan fingerprint density at radius 2 is 1.56 bits per heavy atom. The molecule has 1 rings (SSSR count). The number of benzene rings is 1. The molecule has 0 aliphatic carbocycles. The van der Waals surface area contributed by atoms with Crippen molar-refractivity contribution in [1.82, 2.24) is 0 Å². The third-order valence-electron chi connectivity index (χ3n) is 2.75. The first-order valence-electron chi connectivity index (χ1n) is 6.69. The van der Waals surface area contributed by atoms with Crippen LogP contribution in [-0.4, -0.2) is 21.9 Å². The van der Waals surface area contributed by atoms with E-state index in [4.69, 9.17) is 5.11 Å². The van der Waals surface area contributed by atoms with Crippen molar-refractivity contribution in [2.75, 3.05) is 6.61 Å². The lowest BCUT2D eigenvalue weighted by molar-refractivity contribution is 0.284. The number of aryl methyl sites for hydroxylation is 2. The molecule has 0 atom stereocenters. The van der Waals surface area contributed by atoms with Crippen molar-refractivity contribution in [1.29, 1.82) is 0 Å². The van der Waals surface area contributed by atoms with Gasteiger partial charge in [-0.25, -0.2) is 0 Å². The third-order valence-corrected chi connectivity index (χ3v) is 2.75. The number of phenolic OH excluding ortho intramolecular Hbond substituents is 2. The van der Waals surface area contributed by atoms with E-state index in [0.29, 0.717) is 18.4 Å². The minimum Gasteiger partial charge on any atom is -0.508 e. The number of unbranched alkanes of at least 4 members (excludes halogenated alkanes) is 2. The Labute approximate surface area is 110 Å². The molecule has 0 radical (unpaired) electrons. The predicted octanol–water partition coefficient (Wildman–Crippen LogP) is 3.53. The largest absolute Gasteiger partial charge is 0.508 e. The van der Waals surface area contributed by atoms with Crippen LogP contribution in [0, 0.1) is 6.92 Å². The SMILES string of the molecule is CCCC.Cc1cc(O)c(CCCCO)cc1O. The van der Waals surface area contributed by atoms with E-state index in [1.807, 2.05) is 0 Å². The molecule has 0 heterocycles. The van der Waals surface area contributed by atoms with Crippen LogP contribution in [0.1, 0.15) is 50.7 Å². The topological polar surface area (TPSA) is 60.7 Å². The molecular weight excluding hydrogens is 228 g/mol. The molecule has 3 heteroatoms. The smallest absolute Gasteiger partial charge is 0.119 e. The van der Waals surface area contributed by atoms with E-state index in [9.17, 15) is 10.2 Å². The van der Waals surface area contributed by atoms with Gasteiger partial charge in [0.25, 0.3) is 0 Å². The van der Waals surface area contributed by atoms with E-state index in [1.54, 1.807) is 19.1 Å². The van der Waals surface area contributed by atoms with Crippen molar-refractivity contribution in [2.24, 2.45) is 0 Å². The van der Waals surface area contributed by atoms with Crippen LogP contribution in [0.4, 0.5) is 0 Å². The van der Waals surface area contributed by atoms with E-state index in [2.05, 4.69) is 13.8 Å². The molecule has 0 aromatic heterocycles. The van der Waals surface area contributed by atoms with Gasteiger partial charge in [-0.2, -0.15) is 0 Å². The molecule has 18 heavy (non-hydrogen) atoms. The van der Waals surface area contributed by atoms with Crippen LogP contribution >= 0.6 is 0 Å². The van der Waals surface area contributed by atoms with Gasteiger partial charge in [-0.1, -0.05) is 26.7 Å². The Morgan fingerprint density at radius 1 is 0.944 bits per heavy atom. The molecule has 0 bridgehead atoms. The second kappa shape index (κ2) is 9.77. The highest BCUT2D eigenvalue weighted by Crippen LogP contribution is 2.27. The number of phenols is 2. The number of hydrogen-bond acceptors (Lipinski definition) is 3. The zero-order chi connectivity index (χ0) is 14.0. The molecule has 0 spiro atoms. The zero-order valence-electron chi connectivity index (χ0n) is 11.7. The Morgan fingerprint density at radius 3 is 2.06 bits per heavy atom. The molecule has 0 saturated heterocycles. The lowest BCUT2D eigenvalue weighted by Gasteiger charge is -2.06. The summed E-state index contributed by atoms with van der Waals surface area (Å²) in [4.78, 5) is 0. The van der Waals surface area contributed by atoms with Gasteiger partial charge < -0.3 is 15.3 Å². The molecule has 3 N–H and O–H groups in total. The first kappa shape index (κ1) is 16.8. The number of aromatic hydroxyl groups is 2. The van der Waals surface area contributed by atoms with Gasteiger partial charge in [0.05, 0.1) is 0 Å². The molecule has 104 valence electrons. The molecule has 1 aromatic carbocycles. The maximum atomic E-state index is 9.54. The van der Waals surface area contributed by atoms with Gasteiger partial charge in [-0.15, -0.1) is 0 Å². The summed E-state index contributed by atoms with van der Waals surface area (Å²) >= 11 is 0. The van der Waals surface area contributed by atoms with Crippen LogP contribution in [0.3, 0.4) is 0 Å². The summed E-state index contributed by atoms with van der Waals surface area (Å²) in [6.45, 7) is 6.27. The summed E-state index contributed by atoms with van der Waals surface area (Å²) in [5.41, 5.74) is 1.41. The highest BCUT2D eigenvalue weighted by molar-refractivity contribution is 5.44. The fourth-order valence-corrected chi connectivity index (χ4v) is 1.35. The zero-order valence-corrected chi connectivity index (χ0v) is 11.7. The van der Waals surface area contributed by atoms with Crippen molar-refractivity contribution in [3.63, 3.8) is 0 Å². The van der Waals surface area contributed by atoms with Gasteiger partial charge in [0.2, 0.25) is 0 Å². The van der Waals surface area contributed by atoms with E-state index in [0.717, 1.165) is 12.0 Å². The van der Waals surface area contributed by atoms with Crippen LogP contribution in [0.25, 0.3) is 0 Å². The number of aliphatic hydroxyl groups is 1. The van der Waals surface area contributed by atoms with Crippen LogP contribution in [0.15, 0.2) is 12.1 Å². The molecule has 1 aromatic rings. The van der Waals surface area contributed by atoms with Gasteiger partial charge in [0.1, 0.15) is 11.5 Å². The summed E-state index contributed by atoms with van der Waals surface area (Å²) < 4.78 is 0. The van der Waals surface area contributed by atoms with E-state index in [-0.39, 0.29) is 18.1 Å². The highest BCUT2D eigenvalue weighted by atomic mass is 16.3. The summed E-state index contributed by atoms with van der Waals surface area (Å²) in [6.07, 6.45) is 4.85. The Balaban J connectivity index is 0.000000631. The maximum absolute atomic E-state index is 9.54. The summed E-state index contributed by atoms with van der Waals surface area (Å²) in [5, 5.41) is 27.6. The van der Waals surface area contributed by atoms with E-state index in [1.165, 1.54) is 12.8 Å². The maximum Gasteiger partial charge on any atom is 0.119 e. The first-order chi connectivity index (χ1) is 8.56. The van der Waals surface area contributed by atoms with Gasteiger partial charge in [0.15, 0.2) is 0 Å². The number of hydrogen-bond donors (Lipinski definition) is 3. The molecule has 0 unspecified atom stereocenters. The minimum absolute atomic E-state index is 0.165. The van der Waals surface area contributed by atoms with Crippen molar-refractivity contribution >= 4 is 0 Å². The summed E-state index contributed by atoms with van der Waals surface area (Å²) in [5.74, 6) is 0.431. The highest BCUT2D eigenvalue weighted by Gasteiger charge is 2.05. The molecule has 0 fully saturated rings. The van der Waals surface area contributed by atoms with E-state index < -0.39 is 0 Å². The normalized spacial score (nSPS) is 9.78. The fourth-order valence-electron chi connectivity index (χ4n) is 1.35. The third kappa shape index (κ3) is 6.50.